The van der Waals surface area contributed by atoms with Gasteiger partial charge in [0.05, 0.1) is 24.6 Å². The van der Waals surface area contributed by atoms with E-state index in [1.165, 1.54) is 11.4 Å². The third kappa shape index (κ3) is 6.20. The first-order chi connectivity index (χ1) is 17.4. The van der Waals surface area contributed by atoms with Gasteiger partial charge in [0, 0.05) is 20.2 Å². The lowest BCUT2D eigenvalue weighted by atomic mass is 10.1. The number of fused-ring (bicyclic) bond motifs is 1. The average molecular weight is 507 g/mol. The molecule has 1 aromatic heterocycles. The summed E-state index contributed by atoms with van der Waals surface area (Å²) >= 11 is 0. The minimum absolute atomic E-state index is 0.0520. The molecular formula is C28H30N2O5S. The number of sulfonamides is 1. The number of ether oxygens (including phenoxy) is 1. The minimum Gasteiger partial charge on any atom is -0.464 e. The van der Waals surface area contributed by atoms with Crippen molar-refractivity contribution in [3.63, 3.8) is 0 Å². The first-order valence-corrected chi connectivity index (χ1v) is 13.2. The van der Waals surface area contributed by atoms with Crippen molar-refractivity contribution in [2.45, 2.75) is 24.9 Å². The lowest BCUT2D eigenvalue weighted by molar-refractivity contribution is -0.133. The van der Waals surface area contributed by atoms with Gasteiger partial charge in [-0.1, -0.05) is 60.7 Å². The van der Waals surface area contributed by atoms with Crippen LogP contribution in [0, 0.1) is 6.92 Å². The molecule has 0 unspecified atom stereocenters. The van der Waals surface area contributed by atoms with Gasteiger partial charge in [-0.15, -0.1) is 0 Å². The first-order valence-electron chi connectivity index (χ1n) is 11.7. The Hall–Kier alpha value is -3.46. The fraction of sp³-hybridized carbons (Fsp3) is 0.250. The van der Waals surface area contributed by atoms with Crippen LogP contribution < -0.4 is 0 Å². The number of nitrogens with zero attached hydrogens (tertiary/aromatic N) is 2. The number of hydrogen-bond acceptors (Lipinski definition) is 5. The number of furan rings is 1. The van der Waals surface area contributed by atoms with Crippen molar-refractivity contribution in [1.29, 1.82) is 0 Å². The summed E-state index contributed by atoms with van der Waals surface area (Å²) in [6, 6.07) is 25.8. The van der Waals surface area contributed by atoms with Crippen LogP contribution in [-0.2, 0) is 32.6 Å². The monoisotopic (exact) mass is 506 g/mol. The van der Waals surface area contributed by atoms with Crippen LogP contribution in [0.3, 0.4) is 0 Å². The third-order valence-electron chi connectivity index (χ3n) is 5.93. The maximum absolute atomic E-state index is 13.6. The number of aryl methyl sites for hydroxylation is 1. The number of hydrogen-bond donors (Lipinski definition) is 0. The number of methoxy groups -OCH3 is 1. The van der Waals surface area contributed by atoms with Crippen LogP contribution in [-0.4, -0.2) is 50.3 Å². The maximum atomic E-state index is 13.6. The van der Waals surface area contributed by atoms with E-state index < -0.39 is 10.0 Å². The molecule has 3 aromatic carbocycles. The number of rotatable bonds is 11. The fourth-order valence-electron chi connectivity index (χ4n) is 4.00. The van der Waals surface area contributed by atoms with Crippen molar-refractivity contribution in [3.8, 4) is 0 Å². The molecule has 0 aliphatic carbocycles. The van der Waals surface area contributed by atoms with Crippen LogP contribution in [0.4, 0.5) is 0 Å². The van der Waals surface area contributed by atoms with E-state index >= 15 is 0 Å². The SMILES string of the molecule is COCCN(CC(=O)N(Cc1ccccc1)Cc1ccc(C)o1)S(=O)(=O)c1ccc2ccccc2c1. The Balaban J connectivity index is 1.61. The summed E-state index contributed by atoms with van der Waals surface area (Å²) in [5, 5.41) is 1.76. The Morgan fingerprint density at radius 2 is 1.61 bits per heavy atom. The highest BCUT2D eigenvalue weighted by atomic mass is 32.2. The van der Waals surface area contributed by atoms with Crippen molar-refractivity contribution < 1.29 is 22.4 Å². The molecule has 8 heteroatoms. The standard InChI is InChI=1S/C28H30N2O5S/c1-22-12-14-26(35-22)20-29(19-23-8-4-3-5-9-23)28(31)21-30(16-17-34-2)36(32,33)27-15-13-24-10-6-7-11-25(24)18-27/h3-15,18H,16-17,19-21H2,1-2H3. The molecule has 7 nitrogen and oxygen atoms in total. The number of benzene rings is 3. The molecule has 0 N–H and O–H groups in total. The molecule has 0 fully saturated rings. The van der Waals surface area contributed by atoms with Gasteiger partial charge in [-0.3, -0.25) is 4.79 Å². The zero-order chi connectivity index (χ0) is 25.5. The zero-order valence-electron chi connectivity index (χ0n) is 20.5. The smallest absolute Gasteiger partial charge is 0.243 e. The minimum atomic E-state index is -3.95. The Bertz CT molecular complexity index is 1420. The predicted octanol–water partition coefficient (Wildman–Crippen LogP) is 4.61. The van der Waals surface area contributed by atoms with Gasteiger partial charge in [-0.25, -0.2) is 8.42 Å². The van der Waals surface area contributed by atoms with Crippen molar-refractivity contribution in [1.82, 2.24) is 9.21 Å². The molecule has 0 spiro atoms. The second kappa shape index (κ2) is 11.5. The average Bonchev–Trinajstić information content (AvgIpc) is 3.30. The van der Waals surface area contributed by atoms with E-state index in [0.29, 0.717) is 12.3 Å². The Morgan fingerprint density at radius 1 is 0.889 bits per heavy atom. The summed E-state index contributed by atoms with van der Waals surface area (Å²) in [5.41, 5.74) is 0.940. The van der Waals surface area contributed by atoms with Gasteiger partial charge >= 0.3 is 0 Å². The summed E-state index contributed by atoms with van der Waals surface area (Å²) < 4.78 is 39.3. The lowest BCUT2D eigenvalue weighted by Gasteiger charge is -2.27. The van der Waals surface area contributed by atoms with E-state index in [2.05, 4.69) is 0 Å². The van der Waals surface area contributed by atoms with Gasteiger partial charge in [-0.05, 0) is 47.5 Å². The highest BCUT2D eigenvalue weighted by Crippen LogP contribution is 2.22. The Kier molecular flexibility index (Phi) is 8.20. The summed E-state index contributed by atoms with van der Waals surface area (Å²) in [6.07, 6.45) is 0. The van der Waals surface area contributed by atoms with Crippen molar-refractivity contribution in [2.24, 2.45) is 0 Å². The predicted molar refractivity (Wildman–Crippen MR) is 139 cm³/mol. The Morgan fingerprint density at radius 3 is 2.31 bits per heavy atom. The highest BCUT2D eigenvalue weighted by molar-refractivity contribution is 7.89. The molecule has 1 amide bonds. The molecule has 0 bridgehead atoms. The molecule has 4 aromatic rings. The molecule has 0 radical (unpaired) electrons. The molecule has 0 atom stereocenters. The molecule has 0 saturated carbocycles. The Labute approximate surface area is 211 Å². The molecule has 0 aliphatic rings. The van der Waals surface area contributed by atoms with Crippen molar-refractivity contribution in [2.75, 3.05) is 26.8 Å². The normalized spacial score (nSPS) is 11.8. The van der Waals surface area contributed by atoms with Crippen LogP contribution >= 0.6 is 0 Å². The van der Waals surface area contributed by atoms with Gasteiger partial charge in [0.1, 0.15) is 11.5 Å². The first kappa shape index (κ1) is 25.6. The van der Waals surface area contributed by atoms with Gasteiger partial charge in [0.15, 0.2) is 0 Å². The second-order valence-electron chi connectivity index (χ2n) is 8.59. The van der Waals surface area contributed by atoms with Crippen molar-refractivity contribution >= 4 is 26.7 Å². The van der Waals surface area contributed by atoms with Gasteiger partial charge in [0.2, 0.25) is 15.9 Å². The highest BCUT2D eigenvalue weighted by Gasteiger charge is 2.29. The van der Waals surface area contributed by atoms with E-state index in [0.717, 1.165) is 22.1 Å². The largest absolute Gasteiger partial charge is 0.464 e. The van der Waals surface area contributed by atoms with E-state index in [-0.39, 0.29) is 37.0 Å². The zero-order valence-corrected chi connectivity index (χ0v) is 21.3. The topological polar surface area (TPSA) is 80.1 Å². The second-order valence-corrected chi connectivity index (χ2v) is 10.5. The summed E-state index contributed by atoms with van der Waals surface area (Å²) in [7, 11) is -2.45. The molecule has 188 valence electrons. The summed E-state index contributed by atoms with van der Waals surface area (Å²) in [4.78, 5) is 15.3. The van der Waals surface area contributed by atoms with E-state index in [9.17, 15) is 13.2 Å². The van der Waals surface area contributed by atoms with E-state index in [1.54, 1.807) is 23.1 Å². The third-order valence-corrected chi connectivity index (χ3v) is 7.77. The van der Waals surface area contributed by atoms with E-state index in [4.69, 9.17) is 9.15 Å². The maximum Gasteiger partial charge on any atom is 0.243 e. The molecule has 0 aliphatic heterocycles. The van der Waals surface area contributed by atoms with Crippen LogP contribution in [0.2, 0.25) is 0 Å². The number of carbonyl (C=O) groups excluding carboxylic acids is 1. The van der Waals surface area contributed by atoms with Crippen LogP contribution in [0.25, 0.3) is 10.8 Å². The molecule has 4 rings (SSSR count). The summed E-state index contributed by atoms with van der Waals surface area (Å²) in [5.74, 6) is 1.06. The van der Waals surface area contributed by atoms with Crippen molar-refractivity contribution in [3.05, 3.63) is 102 Å². The molecule has 0 saturated heterocycles. The number of amides is 1. The van der Waals surface area contributed by atoms with Gasteiger partial charge in [-0.2, -0.15) is 4.31 Å². The molecular weight excluding hydrogens is 476 g/mol. The molecule has 1 heterocycles. The quantitative estimate of drug-likeness (QED) is 0.297. The van der Waals surface area contributed by atoms with Crippen LogP contribution in [0.1, 0.15) is 17.1 Å². The van der Waals surface area contributed by atoms with Gasteiger partial charge < -0.3 is 14.1 Å². The molecule has 36 heavy (non-hydrogen) atoms. The van der Waals surface area contributed by atoms with Crippen LogP contribution in [0.5, 0.6) is 0 Å². The number of carbonyl (C=O) groups is 1. The van der Waals surface area contributed by atoms with Crippen LogP contribution in [0.15, 0.2) is 94.2 Å². The lowest BCUT2D eigenvalue weighted by Crippen LogP contribution is -2.43. The fourth-order valence-corrected chi connectivity index (χ4v) is 5.41. The van der Waals surface area contributed by atoms with E-state index in [1.807, 2.05) is 73.7 Å². The summed E-state index contributed by atoms with van der Waals surface area (Å²) in [6.45, 7) is 2.30. The van der Waals surface area contributed by atoms with Gasteiger partial charge in [0.25, 0.3) is 0 Å².